The number of hydrogen-bond acceptors (Lipinski definition) is 3. The molecule has 0 atom stereocenters. The smallest absolute Gasteiger partial charge is 0.258 e. The summed E-state index contributed by atoms with van der Waals surface area (Å²) in [6.45, 7) is 0. The van der Waals surface area contributed by atoms with Crippen molar-refractivity contribution >= 4 is 32.5 Å². The van der Waals surface area contributed by atoms with Crippen LogP contribution in [-0.4, -0.2) is 9.36 Å². The lowest BCUT2D eigenvalue weighted by Gasteiger charge is -1.96. The van der Waals surface area contributed by atoms with Gasteiger partial charge in [0.1, 0.15) is 0 Å². The number of pyridine rings is 1. The van der Waals surface area contributed by atoms with E-state index in [4.69, 9.17) is 0 Å². The van der Waals surface area contributed by atoms with Crippen molar-refractivity contribution in [1.29, 1.82) is 0 Å². The Hall–Kier alpha value is -1.68. The molecule has 0 amide bonds. The highest BCUT2D eigenvalue weighted by Crippen LogP contribution is 2.23. The zero-order valence-electron chi connectivity index (χ0n) is 7.15. The Kier molecular flexibility index (Phi) is 1.46. The van der Waals surface area contributed by atoms with Crippen LogP contribution < -0.4 is 5.56 Å². The Morgan fingerprint density at radius 3 is 3.00 bits per heavy atom. The summed E-state index contributed by atoms with van der Waals surface area (Å²) >= 11 is 1.36. The molecule has 0 aliphatic heterocycles. The average molecular weight is 202 g/mol. The Labute approximate surface area is 83.2 Å². The molecule has 1 N–H and O–H groups in total. The van der Waals surface area contributed by atoms with Gasteiger partial charge in [-0.2, -0.15) is 4.37 Å². The van der Waals surface area contributed by atoms with Gasteiger partial charge in [0.25, 0.3) is 5.56 Å². The van der Waals surface area contributed by atoms with Crippen LogP contribution >= 0.6 is 11.5 Å². The zero-order chi connectivity index (χ0) is 9.54. The molecular formula is C10H6N2OS. The maximum atomic E-state index is 11.6. The molecule has 0 saturated heterocycles. The van der Waals surface area contributed by atoms with E-state index in [1.165, 1.54) is 11.5 Å². The highest BCUT2D eigenvalue weighted by atomic mass is 32.1. The lowest BCUT2D eigenvalue weighted by molar-refractivity contribution is 1.34. The normalized spacial score (nSPS) is 11.1. The van der Waals surface area contributed by atoms with Gasteiger partial charge in [0.2, 0.25) is 0 Å². The summed E-state index contributed by atoms with van der Waals surface area (Å²) in [6.07, 6.45) is 1.62. The van der Waals surface area contributed by atoms with E-state index >= 15 is 0 Å². The lowest BCUT2D eigenvalue weighted by atomic mass is 10.2. The minimum atomic E-state index is -0.0625. The fourth-order valence-corrected chi connectivity index (χ4v) is 2.36. The Bertz CT molecular complexity index is 668. The fraction of sp³-hybridized carbons (Fsp3) is 0. The first-order valence-corrected chi connectivity index (χ1v) is 4.99. The Morgan fingerprint density at radius 2 is 2.07 bits per heavy atom. The topological polar surface area (TPSA) is 45.8 Å². The second kappa shape index (κ2) is 2.65. The average Bonchev–Trinajstić information content (AvgIpc) is 2.67. The molecule has 3 aromatic rings. The molecule has 0 fully saturated rings. The summed E-state index contributed by atoms with van der Waals surface area (Å²) in [5.74, 6) is 0. The van der Waals surface area contributed by atoms with Crippen LogP contribution in [0.25, 0.3) is 21.0 Å². The van der Waals surface area contributed by atoms with E-state index in [-0.39, 0.29) is 5.56 Å². The second-order valence-corrected chi connectivity index (χ2v) is 3.87. The van der Waals surface area contributed by atoms with Crippen molar-refractivity contribution in [3.05, 3.63) is 40.8 Å². The number of fused-ring (bicyclic) bond motifs is 3. The minimum Gasteiger partial charge on any atom is -0.321 e. The van der Waals surface area contributed by atoms with Crippen molar-refractivity contribution in [3.8, 4) is 0 Å². The summed E-state index contributed by atoms with van der Waals surface area (Å²) < 4.78 is 5.00. The van der Waals surface area contributed by atoms with Crippen molar-refractivity contribution < 1.29 is 0 Å². The van der Waals surface area contributed by atoms with E-state index in [1.807, 2.05) is 24.3 Å². The van der Waals surface area contributed by atoms with Gasteiger partial charge in [-0.1, -0.05) is 18.2 Å². The Morgan fingerprint density at radius 1 is 1.21 bits per heavy atom. The molecule has 1 aromatic carbocycles. The van der Waals surface area contributed by atoms with Crippen LogP contribution in [0.1, 0.15) is 0 Å². The van der Waals surface area contributed by atoms with E-state index in [0.29, 0.717) is 5.39 Å². The molecule has 0 aliphatic carbocycles. The Balaban J connectivity index is 2.73. The van der Waals surface area contributed by atoms with Crippen LogP contribution in [0.5, 0.6) is 0 Å². The van der Waals surface area contributed by atoms with Gasteiger partial charge in [0.15, 0.2) is 0 Å². The molecule has 0 spiro atoms. The lowest BCUT2D eigenvalue weighted by Crippen LogP contribution is -2.04. The highest BCUT2D eigenvalue weighted by molar-refractivity contribution is 7.14. The molecule has 4 heteroatoms. The molecular weight excluding hydrogens is 196 g/mol. The third-order valence-corrected chi connectivity index (χ3v) is 3.07. The molecule has 0 radical (unpaired) electrons. The highest BCUT2D eigenvalue weighted by Gasteiger charge is 2.05. The van der Waals surface area contributed by atoms with Crippen LogP contribution in [-0.2, 0) is 0 Å². The molecule has 2 heterocycles. The first kappa shape index (κ1) is 7.70. The third-order valence-electron chi connectivity index (χ3n) is 2.23. The SMILES string of the molecule is O=c1[nH]c2ccccc2c2sncc12. The van der Waals surface area contributed by atoms with E-state index in [1.54, 1.807) is 6.20 Å². The second-order valence-electron chi connectivity index (χ2n) is 3.07. The van der Waals surface area contributed by atoms with Crippen molar-refractivity contribution in [2.45, 2.75) is 0 Å². The molecule has 0 bridgehead atoms. The standard InChI is InChI=1S/C10H6N2OS/c13-10-7-5-11-14-9(7)6-3-1-2-4-8(6)12-10/h1-5H,(H,12,13). The van der Waals surface area contributed by atoms with Crippen molar-refractivity contribution in [2.24, 2.45) is 0 Å². The molecule has 0 aliphatic rings. The van der Waals surface area contributed by atoms with Gasteiger partial charge in [-0.05, 0) is 17.6 Å². The first-order chi connectivity index (χ1) is 6.86. The summed E-state index contributed by atoms with van der Waals surface area (Å²) in [5.41, 5.74) is 0.807. The maximum absolute atomic E-state index is 11.6. The van der Waals surface area contributed by atoms with Gasteiger partial charge >= 0.3 is 0 Å². The van der Waals surface area contributed by atoms with E-state index in [2.05, 4.69) is 9.36 Å². The van der Waals surface area contributed by atoms with Gasteiger partial charge in [-0.15, -0.1) is 0 Å². The quantitative estimate of drug-likeness (QED) is 0.607. The molecule has 2 aromatic heterocycles. The molecule has 68 valence electrons. The third kappa shape index (κ3) is 0.914. The predicted octanol–water partition coefficient (Wildman–Crippen LogP) is 2.14. The summed E-state index contributed by atoms with van der Waals surface area (Å²) in [4.78, 5) is 14.4. The van der Waals surface area contributed by atoms with Crippen molar-refractivity contribution in [1.82, 2.24) is 9.36 Å². The predicted molar refractivity (Wildman–Crippen MR) is 57.7 cm³/mol. The number of para-hydroxylation sites is 1. The minimum absolute atomic E-state index is 0.0625. The van der Waals surface area contributed by atoms with Crippen molar-refractivity contribution in [2.75, 3.05) is 0 Å². The number of aromatic amines is 1. The molecule has 3 nitrogen and oxygen atoms in total. The van der Waals surface area contributed by atoms with E-state index < -0.39 is 0 Å². The first-order valence-electron chi connectivity index (χ1n) is 4.22. The maximum Gasteiger partial charge on any atom is 0.258 e. The number of benzene rings is 1. The van der Waals surface area contributed by atoms with Gasteiger partial charge in [0.05, 0.1) is 16.3 Å². The van der Waals surface area contributed by atoms with E-state index in [0.717, 1.165) is 15.6 Å². The van der Waals surface area contributed by atoms with Crippen LogP contribution in [0.2, 0.25) is 0 Å². The monoisotopic (exact) mass is 202 g/mol. The summed E-state index contributed by atoms with van der Waals surface area (Å²) in [6, 6.07) is 7.76. The zero-order valence-corrected chi connectivity index (χ0v) is 7.97. The molecule has 0 saturated carbocycles. The number of nitrogens with one attached hydrogen (secondary N) is 1. The van der Waals surface area contributed by atoms with Gasteiger partial charge in [-0.25, -0.2) is 0 Å². The number of nitrogens with zero attached hydrogens (tertiary/aromatic N) is 1. The summed E-state index contributed by atoms with van der Waals surface area (Å²) in [7, 11) is 0. The van der Waals surface area contributed by atoms with Crippen LogP contribution in [0.4, 0.5) is 0 Å². The van der Waals surface area contributed by atoms with Crippen LogP contribution in [0.15, 0.2) is 35.3 Å². The van der Waals surface area contributed by atoms with E-state index in [9.17, 15) is 4.79 Å². The molecule has 3 rings (SSSR count). The van der Waals surface area contributed by atoms with Crippen LogP contribution in [0.3, 0.4) is 0 Å². The van der Waals surface area contributed by atoms with Crippen molar-refractivity contribution in [3.63, 3.8) is 0 Å². The summed E-state index contributed by atoms with van der Waals surface area (Å²) in [5, 5.41) is 1.73. The molecule has 14 heavy (non-hydrogen) atoms. The molecule has 0 unspecified atom stereocenters. The van der Waals surface area contributed by atoms with Gasteiger partial charge < -0.3 is 4.98 Å². The fourth-order valence-electron chi connectivity index (χ4n) is 1.58. The number of aromatic nitrogens is 2. The largest absolute Gasteiger partial charge is 0.321 e. The van der Waals surface area contributed by atoms with Gasteiger partial charge in [0, 0.05) is 10.9 Å². The number of hydrogen-bond donors (Lipinski definition) is 1. The number of H-pyrrole nitrogens is 1. The number of rotatable bonds is 0. The van der Waals surface area contributed by atoms with Gasteiger partial charge in [-0.3, -0.25) is 4.79 Å². The van der Waals surface area contributed by atoms with Crippen LogP contribution in [0, 0.1) is 0 Å².